The van der Waals surface area contributed by atoms with E-state index in [1.54, 1.807) is 43.1 Å². The van der Waals surface area contributed by atoms with Crippen LogP contribution in [0.4, 0.5) is 0 Å². The number of fused-ring (bicyclic) bond motifs is 1. The summed E-state index contributed by atoms with van der Waals surface area (Å²) in [6.07, 6.45) is 1.29. The van der Waals surface area contributed by atoms with Gasteiger partial charge in [-0.05, 0) is 19.1 Å². The Morgan fingerprint density at radius 2 is 2.09 bits per heavy atom. The van der Waals surface area contributed by atoms with Crippen LogP contribution in [-0.4, -0.2) is 77.7 Å². The maximum atomic E-state index is 13.5. The van der Waals surface area contributed by atoms with E-state index >= 15 is 0 Å². The maximum Gasteiger partial charge on any atom is 0.259 e. The third-order valence-corrected chi connectivity index (χ3v) is 5.93. The number of aliphatic hydroxyl groups is 1. The van der Waals surface area contributed by atoms with Gasteiger partial charge in [-0.25, -0.2) is 4.98 Å². The van der Waals surface area contributed by atoms with Crippen molar-refractivity contribution in [3.8, 4) is 22.8 Å². The van der Waals surface area contributed by atoms with Gasteiger partial charge in [-0.2, -0.15) is 0 Å². The zero-order chi connectivity index (χ0) is 23.4. The van der Waals surface area contributed by atoms with E-state index in [0.29, 0.717) is 24.4 Å². The largest absolute Gasteiger partial charge is 0.496 e. The zero-order valence-corrected chi connectivity index (χ0v) is 19.2. The maximum absolute atomic E-state index is 13.5. The number of nitrogens with zero attached hydrogens (tertiary/aromatic N) is 3. The number of para-hydroxylation sites is 1. The molecule has 8 nitrogen and oxygen atoms in total. The highest BCUT2D eigenvalue weighted by atomic mass is 16.5. The first-order valence-corrected chi connectivity index (χ1v) is 10.7. The van der Waals surface area contributed by atoms with Gasteiger partial charge < -0.3 is 24.4 Å². The number of hydrogen-bond donors (Lipinski definition) is 1. The second kappa shape index (κ2) is 9.99. The Morgan fingerprint density at radius 1 is 1.38 bits per heavy atom. The molecule has 32 heavy (non-hydrogen) atoms. The third-order valence-electron chi connectivity index (χ3n) is 5.93. The van der Waals surface area contributed by atoms with Gasteiger partial charge in [-0.15, -0.1) is 0 Å². The van der Waals surface area contributed by atoms with Crippen molar-refractivity contribution in [2.45, 2.75) is 32.9 Å². The van der Waals surface area contributed by atoms with Crippen LogP contribution in [-0.2, 0) is 4.79 Å². The summed E-state index contributed by atoms with van der Waals surface area (Å²) in [5, 5.41) is 9.78. The van der Waals surface area contributed by atoms with E-state index in [9.17, 15) is 14.7 Å². The summed E-state index contributed by atoms with van der Waals surface area (Å²) < 4.78 is 11.7. The van der Waals surface area contributed by atoms with Crippen LogP contribution in [0.3, 0.4) is 0 Å². The van der Waals surface area contributed by atoms with Gasteiger partial charge in [0.15, 0.2) is 0 Å². The Kier molecular flexibility index (Phi) is 7.35. The summed E-state index contributed by atoms with van der Waals surface area (Å²) in [7, 11) is 3.31. The van der Waals surface area contributed by atoms with Crippen LogP contribution in [0.1, 0.15) is 31.1 Å². The number of hydrogen-bond acceptors (Lipinski definition) is 6. The Morgan fingerprint density at radius 3 is 2.75 bits per heavy atom. The predicted octanol–water partition coefficient (Wildman–Crippen LogP) is 2.46. The van der Waals surface area contributed by atoms with Gasteiger partial charge in [0.1, 0.15) is 17.4 Å². The highest BCUT2D eigenvalue weighted by Crippen LogP contribution is 2.34. The molecule has 0 spiro atoms. The average molecular weight is 442 g/mol. The van der Waals surface area contributed by atoms with Gasteiger partial charge in [0.05, 0.1) is 26.3 Å². The lowest BCUT2D eigenvalue weighted by molar-refractivity contribution is -0.129. The number of aliphatic hydroxyl groups excluding tert-OH is 1. The first-order valence-electron chi connectivity index (χ1n) is 10.7. The molecule has 8 heteroatoms. The number of benzene rings is 1. The second-order valence-electron chi connectivity index (χ2n) is 8.30. The van der Waals surface area contributed by atoms with Gasteiger partial charge in [0.25, 0.3) is 5.91 Å². The molecule has 1 N–H and O–H groups in total. The van der Waals surface area contributed by atoms with E-state index in [2.05, 4.69) is 4.98 Å². The highest BCUT2D eigenvalue weighted by molar-refractivity contribution is 5.98. The third kappa shape index (κ3) is 4.85. The van der Waals surface area contributed by atoms with E-state index in [-0.39, 0.29) is 42.4 Å². The van der Waals surface area contributed by atoms with E-state index in [1.165, 1.54) is 6.92 Å². The number of ether oxygens (including phenoxy) is 2. The molecule has 1 aromatic heterocycles. The van der Waals surface area contributed by atoms with Crippen molar-refractivity contribution in [1.29, 1.82) is 0 Å². The second-order valence-corrected chi connectivity index (χ2v) is 8.30. The average Bonchev–Trinajstić information content (AvgIpc) is 2.80. The Balaban J connectivity index is 2.09. The minimum atomic E-state index is -0.378. The van der Waals surface area contributed by atoms with Crippen molar-refractivity contribution in [2.75, 3.05) is 33.9 Å². The lowest BCUT2D eigenvalue weighted by Crippen LogP contribution is -2.50. The fourth-order valence-electron chi connectivity index (χ4n) is 3.75. The molecule has 1 aliphatic rings. The summed E-state index contributed by atoms with van der Waals surface area (Å²) >= 11 is 0. The first kappa shape index (κ1) is 23.5. The molecule has 2 heterocycles. The number of amides is 2. The molecule has 0 unspecified atom stereocenters. The summed E-state index contributed by atoms with van der Waals surface area (Å²) in [4.78, 5) is 33.0. The van der Waals surface area contributed by atoms with Crippen molar-refractivity contribution in [3.63, 3.8) is 0 Å². The number of methoxy groups -OCH3 is 1. The van der Waals surface area contributed by atoms with E-state index in [1.807, 2.05) is 31.2 Å². The van der Waals surface area contributed by atoms with Crippen molar-refractivity contribution in [1.82, 2.24) is 14.8 Å². The Labute approximate surface area is 188 Å². The molecule has 0 saturated carbocycles. The van der Waals surface area contributed by atoms with E-state index in [0.717, 1.165) is 11.1 Å². The summed E-state index contributed by atoms with van der Waals surface area (Å²) in [6, 6.07) is 8.89. The van der Waals surface area contributed by atoms with Gasteiger partial charge in [0, 0.05) is 43.8 Å². The van der Waals surface area contributed by atoms with Crippen molar-refractivity contribution >= 4 is 11.8 Å². The molecule has 3 atom stereocenters. The number of rotatable bonds is 6. The van der Waals surface area contributed by atoms with Gasteiger partial charge in [-0.3, -0.25) is 9.59 Å². The molecule has 3 rings (SSSR count). The first-order chi connectivity index (χ1) is 15.3. The van der Waals surface area contributed by atoms with Crippen molar-refractivity contribution in [2.24, 2.45) is 5.92 Å². The molecule has 2 amide bonds. The van der Waals surface area contributed by atoms with Crippen molar-refractivity contribution in [3.05, 3.63) is 42.1 Å². The molecule has 1 aliphatic heterocycles. The number of pyridine rings is 1. The van der Waals surface area contributed by atoms with Crippen LogP contribution in [0.25, 0.3) is 11.1 Å². The van der Waals surface area contributed by atoms with Crippen molar-refractivity contribution < 1.29 is 24.2 Å². The van der Waals surface area contributed by atoms with Crippen LogP contribution in [0.5, 0.6) is 11.6 Å². The van der Waals surface area contributed by atoms with Gasteiger partial charge >= 0.3 is 0 Å². The SMILES string of the molecule is COc1ccccc1-c1cnc2c(c1)C(=O)N([C@@H](C)CO)C[C@H](C)[C@@H](CN(C)C(C)=O)O2. The molecule has 1 aromatic carbocycles. The summed E-state index contributed by atoms with van der Waals surface area (Å²) in [5.41, 5.74) is 1.85. The predicted molar refractivity (Wildman–Crippen MR) is 121 cm³/mol. The standard InChI is InChI=1S/C24H31N3O5/c1-15-12-27(16(2)14-28)24(30)20-10-18(19-8-6-7-9-21(19)31-5)11-25-23(20)32-22(15)13-26(4)17(3)29/h6-11,15-16,22,28H,12-14H2,1-5H3/t15-,16-,22+/m0/s1. The molecular formula is C24H31N3O5. The van der Waals surface area contributed by atoms with Crippen LogP contribution in [0.15, 0.2) is 36.5 Å². The summed E-state index contributed by atoms with van der Waals surface area (Å²) in [5.74, 6) is 0.481. The van der Waals surface area contributed by atoms with Crippen LogP contribution in [0.2, 0.25) is 0 Å². The molecule has 172 valence electrons. The zero-order valence-electron chi connectivity index (χ0n) is 19.2. The number of carbonyl (C=O) groups excluding carboxylic acids is 2. The normalized spacial score (nSPS) is 19.3. The molecule has 0 saturated heterocycles. The van der Waals surface area contributed by atoms with Crippen LogP contribution >= 0.6 is 0 Å². The van der Waals surface area contributed by atoms with Gasteiger partial charge in [0.2, 0.25) is 11.8 Å². The smallest absolute Gasteiger partial charge is 0.259 e. The Hall–Kier alpha value is -3.13. The molecule has 0 bridgehead atoms. The highest BCUT2D eigenvalue weighted by Gasteiger charge is 2.34. The topological polar surface area (TPSA) is 92.2 Å². The lowest BCUT2D eigenvalue weighted by atomic mass is 9.99. The van der Waals surface area contributed by atoms with E-state index < -0.39 is 0 Å². The number of aromatic nitrogens is 1. The van der Waals surface area contributed by atoms with Crippen LogP contribution in [0, 0.1) is 5.92 Å². The number of likely N-dealkylation sites (N-methyl/N-ethyl adjacent to an activating group) is 1. The van der Waals surface area contributed by atoms with E-state index in [4.69, 9.17) is 9.47 Å². The van der Waals surface area contributed by atoms with Crippen LogP contribution < -0.4 is 9.47 Å². The minimum absolute atomic E-state index is 0.0702. The monoisotopic (exact) mass is 441 g/mol. The molecular weight excluding hydrogens is 410 g/mol. The summed E-state index contributed by atoms with van der Waals surface area (Å²) in [6.45, 7) is 5.87. The Bertz CT molecular complexity index is 980. The fourth-order valence-corrected chi connectivity index (χ4v) is 3.75. The fraction of sp³-hybridized carbons (Fsp3) is 0.458. The molecule has 0 fully saturated rings. The quantitative estimate of drug-likeness (QED) is 0.740. The lowest BCUT2D eigenvalue weighted by Gasteiger charge is -2.37. The van der Waals surface area contributed by atoms with Gasteiger partial charge in [-0.1, -0.05) is 25.1 Å². The molecule has 0 aliphatic carbocycles. The molecule has 2 aromatic rings. The number of carbonyl (C=O) groups is 2. The minimum Gasteiger partial charge on any atom is -0.496 e. The molecule has 0 radical (unpaired) electrons.